The van der Waals surface area contributed by atoms with Crippen molar-refractivity contribution >= 4 is 5.97 Å². The molecule has 1 aliphatic rings. The number of hydrogen-bond donors (Lipinski definition) is 2. The monoisotopic (exact) mass is 155 g/mol. The van der Waals surface area contributed by atoms with Crippen LogP contribution in [-0.4, -0.2) is 24.2 Å². The first-order chi connectivity index (χ1) is 5.24. The Morgan fingerprint density at radius 1 is 1.82 bits per heavy atom. The third kappa shape index (κ3) is 2.05. The van der Waals surface area contributed by atoms with Gasteiger partial charge in [0.25, 0.3) is 0 Å². The molecule has 0 aliphatic heterocycles. The van der Waals surface area contributed by atoms with Crippen molar-refractivity contribution in [3.05, 3.63) is 11.6 Å². The van der Waals surface area contributed by atoms with Crippen LogP contribution in [0.25, 0.3) is 0 Å². The highest BCUT2D eigenvalue weighted by Gasteiger charge is 2.15. The summed E-state index contributed by atoms with van der Waals surface area (Å²) in [6.45, 7) is 0. The molecule has 0 amide bonds. The third-order valence-corrected chi connectivity index (χ3v) is 2.09. The van der Waals surface area contributed by atoms with Crippen molar-refractivity contribution in [2.45, 2.75) is 25.3 Å². The molecule has 62 valence electrons. The fraction of sp³-hybridized carbons (Fsp3) is 0.625. The van der Waals surface area contributed by atoms with Gasteiger partial charge in [0.15, 0.2) is 0 Å². The van der Waals surface area contributed by atoms with Crippen molar-refractivity contribution in [2.75, 3.05) is 7.05 Å². The minimum Gasteiger partial charge on any atom is -0.478 e. The highest BCUT2D eigenvalue weighted by atomic mass is 16.4. The largest absolute Gasteiger partial charge is 0.478 e. The lowest BCUT2D eigenvalue weighted by atomic mass is 9.95. The van der Waals surface area contributed by atoms with Gasteiger partial charge >= 0.3 is 5.97 Å². The molecular formula is C8H13NO2. The summed E-state index contributed by atoms with van der Waals surface area (Å²) in [7, 11) is 1.91. The lowest BCUT2D eigenvalue weighted by Crippen LogP contribution is -2.27. The van der Waals surface area contributed by atoms with Crippen LogP contribution in [0.1, 0.15) is 19.3 Å². The Kier molecular flexibility index (Phi) is 2.65. The molecule has 3 heteroatoms. The minimum absolute atomic E-state index is 0.470. The van der Waals surface area contributed by atoms with Crippen molar-refractivity contribution in [1.29, 1.82) is 0 Å². The second-order valence-electron chi connectivity index (χ2n) is 2.79. The summed E-state index contributed by atoms with van der Waals surface area (Å²) < 4.78 is 0. The van der Waals surface area contributed by atoms with E-state index < -0.39 is 5.97 Å². The summed E-state index contributed by atoms with van der Waals surface area (Å²) in [4.78, 5) is 10.5. The number of carboxylic acids is 1. The molecule has 1 unspecified atom stereocenters. The molecule has 1 atom stereocenters. The lowest BCUT2D eigenvalue weighted by molar-refractivity contribution is -0.132. The number of carboxylic acid groups (broad SMARTS) is 1. The third-order valence-electron chi connectivity index (χ3n) is 2.09. The van der Waals surface area contributed by atoms with Gasteiger partial charge in [-0.05, 0) is 26.3 Å². The first-order valence-electron chi connectivity index (χ1n) is 3.83. The molecule has 0 radical (unpaired) electrons. The molecule has 0 saturated carbocycles. The highest BCUT2D eigenvalue weighted by molar-refractivity contribution is 5.86. The maximum absolute atomic E-state index is 10.5. The Labute approximate surface area is 66.1 Å². The number of rotatable bonds is 2. The SMILES string of the molecule is CNC1CC=C(C(=O)O)CC1. The zero-order valence-corrected chi connectivity index (χ0v) is 6.63. The van der Waals surface area contributed by atoms with Crippen molar-refractivity contribution in [3.8, 4) is 0 Å². The Hall–Kier alpha value is -0.830. The van der Waals surface area contributed by atoms with Crippen LogP contribution < -0.4 is 5.32 Å². The normalized spacial score (nSPS) is 24.5. The van der Waals surface area contributed by atoms with Gasteiger partial charge in [-0.25, -0.2) is 4.79 Å². The van der Waals surface area contributed by atoms with E-state index in [1.165, 1.54) is 0 Å². The fourth-order valence-corrected chi connectivity index (χ4v) is 1.29. The predicted molar refractivity (Wildman–Crippen MR) is 42.4 cm³/mol. The molecule has 0 heterocycles. The van der Waals surface area contributed by atoms with Gasteiger partial charge in [-0.3, -0.25) is 0 Å². The number of hydrogen-bond acceptors (Lipinski definition) is 2. The van der Waals surface area contributed by atoms with Gasteiger partial charge in [0, 0.05) is 11.6 Å². The van der Waals surface area contributed by atoms with Crippen LogP contribution in [0, 0.1) is 0 Å². The summed E-state index contributed by atoms with van der Waals surface area (Å²) in [5.41, 5.74) is 0.566. The van der Waals surface area contributed by atoms with E-state index in [4.69, 9.17) is 5.11 Å². The fourth-order valence-electron chi connectivity index (χ4n) is 1.29. The topological polar surface area (TPSA) is 49.3 Å². The van der Waals surface area contributed by atoms with Crippen LogP contribution >= 0.6 is 0 Å². The molecule has 0 spiro atoms. The van der Waals surface area contributed by atoms with E-state index in [1.54, 1.807) is 0 Å². The van der Waals surface area contributed by atoms with Crippen molar-refractivity contribution in [3.63, 3.8) is 0 Å². The minimum atomic E-state index is -0.764. The van der Waals surface area contributed by atoms with E-state index in [1.807, 2.05) is 13.1 Å². The number of carbonyl (C=O) groups is 1. The smallest absolute Gasteiger partial charge is 0.331 e. The maximum atomic E-state index is 10.5. The second-order valence-corrected chi connectivity index (χ2v) is 2.79. The van der Waals surface area contributed by atoms with Crippen LogP contribution in [-0.2, 0) is 4.79 Å². The zero-order valence-electron chi connectivity index (χ0n) is 6.63. The summed E-state index contributed by atoms with van der Waals surface area (Å²) >= 11 is 0. The lowest BCUT2D eigenvalue weighted by Gasteiger charge is -2.18. The molecule has 0 aromatic heterocycles. The maximum Gasteiger partial charge on any atom is 0.331 e. The summed E-state index contributed by atoms with van der Waals surface area (Å²) in [6.07, 6.45) is 4.29. The average Bonchev–Trinajstić information content (AvgIpc) is 2.05. The van der Waals surface area contributed by atoms with Crippen molar-refractivity contribution < 1.29 is 9.90 Å². The van der Waals surface area contributed by atoms with Gasteiger partial charge in [0.05, 0.1) is 0 Å². The predicted octanol–water partition coefficient (Wildman–Crippen LogP) is 0.769. The molecule has 1 rings (SSSR count). The van der Waals surface area contributed by atoms with Gasteiger partial charge in [-0.15, -0.1) is 0 Å². The standard InChI is InChI=1S/C8H13NO2/c1-9-7-4-2-6(3-5-7)8(10)11/h2,7,9H,3-5H2,1H3,(H,10,11). The van der Waals surface area contributed by atoms with Crippen molar-refractivity contribution in [2.24, 2.45) is 0 Å². The van der Waals surface area contributed by atoms with E-state index in [0.29, 0.717) is 18.0 Å². The summed E-state index contributed by atoms with van der Waals surface area (Å²) in [5.74, 6) is -0.764. The molecule has 0 fully saturated rings. The Bertz CT molecular complexity index is 187. The van der Waals surface area contributed by atoms with E-state index in [9.17, 15) is 4.79 Å². The first kappa shape index (κ1) is 8.27. The molecule has 1 aliphatic carbocycles. The van der Waals surface area contributed by atoms with E-state index in [0.717, 1.165) is 12.8 Å². The average molecular weight is 155 g/mol. The van der Waals surface area contributed by atoms with E-state index in [2.05, 4.69) is 5.32 Å². The summed E-state index contributed by atoms with van der Waals surface area (Å²) in [5, 5.41) is 11.7. The molecule has 3 nitrogen and oxygen atoms in total. The van der Waals surface area contributed by atoms with Gasteiger partial charge in [-0.2, -0.15) is 0 Å². The number of aliphatic carboxylic acids is 1. The van der Waals surface area contributed by atoms with E-state index in [-0.39, 0.29) is 0 Å². The molecule has 0 saturated heterocycles. The van der Waals surface area contributed by atoms with Crippen LogP contribution in [0.2, 0.25) is 0 Å². The van der Waals surface area contributed by atoms with Gasteiger partial charge in [0.1, 0.15) is 0 Å². The Balaban J connectivity index is 2.50. The van der Waals surface area contributed by atoms with Gasteiger partial charge < -0.3 is 10.4 Å². The van der Waals surface area contributed by atoms with Crippen LogP contribution in [0.15, 0.2) is 11.6 Å². The number of nitrogens with one attached hydrogen (secondary N) is 1. The second kappa shape index (κ2) is 3.53. The summed E-state index contributed by atoms with van der Waals surface area (Å²) in [6, 6.07) is 0.470. The molecule has 11 heavy (non-hydrogen) atoms. The zero-order chi connectivity index (χ0) is 8.27. The van der Waals surface area contributed by atoms with Crippen LogP contribution in [0.4, 0.5) is 0 Å². The molecule has 0 aromatic rings. The van der Waals surface area contributed by atoms with Gasteiger partial charge in [-0.1, -0.05) is 6.08 Å². The first-order valence-corrected chi connectivity index (χ1v) is 3.83. The molecular weight excluding hydrogens is 142 g/mol. The molecule has 0 bridgehead atoms. The van der Waals surface area contributed by atoms with Crippen LogP contribution in [0.5, 0.6) is 0 Å². The van der Waals surface area contributed by atoms with Crippen LogP contribution in [0.3, 0.4) is 0 Å². The Morgan fingerprint density at radius 3 is 2.91 bits per heavy atom. The van der Waals surface area contributed by atoms with E-state index >= 15 is 0 Å². The van der Waals surface area contributed by atoms with Gasteiger partial charge in [0.2, 0.25) is 0 Å². The highest BCUT2D eigenvalue weighted by Crippen LogP contribution is 2.17. The van der Waals surface area contributed by atoms with Crippen molar-refractivity contribution in [1.82, 2.24) is 5.32 Å². The Morgan fingerprint density at radius 2 is 2.55 bits per heavy atom. The molecule has 2 N–H and O–H groups in total. The quantitative estimate of drug-likeness (QED) is 0.619. The molecule has 0 aromatic carbocycles.